The highest BCUT2D eigenvalue weighted by atomic mass is 16.5. The van der Waals surface area contributed by atoms with Crippen molar-refractivity contribution in [3.8, 4) is 11.5 Å². The number of nitrogens with zero attached hydrogens (tertiary/aromatic N) is 1. The molecule has 27 heavy (non-hydrogen) atoms. The lowest BCUT2D eigenvalue weighted by Crippen LogP contribution is -2.42. The zero-order valence-electron chi connectivity index (χ0n) is 16.8. The van der Waals surface area contributed by atoms with Gasteiger partial charge in [-0.25, -0.2) is 0 Å². The van der Waals surface area contributed by atoms with E-state index in [1.807, 2.05) is 36.4 Å². The molecule has 4 nitrogen and oxygen atoms in total. The van der Waals surface area contributed by atoms with Gasteiger partial charge in [0, 0.05) is 12.5 Å². The minimum Gasteiger partial charge on any atom is -0.497 e. The van der Waals surface area contributed by atoms with Crippen LogP contribution in [0.2, 0.25) is 0 Å². The molecule has 2 aromatic rings. The summed E-state index contributed by atoms with van der Waals surface area (Å²) in [5.41, 5.74) is 1.28. The highest BCUT2D eigenvalue weighted by molar-refractivity contribution is 5.36. The Hall–Kier alpha value is -2.04. The van der Waals surface area contributed by atoms with Crippen LogP contribution in [0.25, 0.3) is 0 Å². The van der Waals surface area contributed by atoms with Gasteiger partial charge in [-0.05, 0) is 74.7 Å². The van der Waals surface area contributed by atoms with Gasteiger partial charge in [0.15, 0.2) is 0 Å². The summed E-state index contributed by atoms with van der Waals surface area (Å²) >= 11 is 0. The molecule has 3 atom stereocenters. The van der Waals surface area contributed by atoms with E-state index in [1.165, 1.54) is 5.56 Å². The average Bonchev–Trinajstić information content (AvgIpc) is 2.98. The molecule has 0 amide bonds. The first kappa shape index (κ1) is 19.7. The van der Waals surface area contributed by atoms with Crippen molar-refractivity contribution < 1.29 is 14.6 Å². The van der Waals surface area contributed by atoms with Crippen LogP contribution in [0.1, 0.15) is 24.0 Å². The smallest absolute Gasteiger partial charge is 0.119 e. The second-order valence-electron chi connectivity index (χ2n) is 7.85. The highest BCUT2D eigenvalue weighted by Crippen LogP contribution is 2.50. The van der Waals surface area contributed by atoms with E-state index in [2.05, 4.69) is 31.1 Å². The zero-order valence-corrected chi connectivity index (χ0v) is 16.8. The number of methoxy groups -OCH3 is 2. The van der Waals surface area contributed by atoms with E-state index in [-0.39, 0.29) is 11.8 Å². The second-order valence-corrected chi connectivity index (χ2v) is 7.85. The van der Waals surface area contributed by atoms with Crippen LogP contribution in [-0.2, 0) is 12.0 Å². The van der Waals surface area contributed by atoms with Crippen LogP contribution in [0.4, 0.5) is 0 Å². The number of hydrogen-bond acceptors (Lipinski definition) is 4. The van der Waals surface area contributed by atoms with Gasteiger partial charge in [-0.2, -0.15) is 0 Å². The maximum Gasteiger partial charge on any atom is 0.119 e. The second kappa shape index (κ2) is 8.32. The Balaban J connectivity index is 1.95. The number of aliphatic hydroxyl groups is 1. The minimum absolute atomic E-state index is 0.154. The number of ether oxygens (including phenoxy) is 2. The summed E-state index contributed by atoms with van der Waals surface area (Å²) in [6.45, 7) is 0.863. The molecule has 146 valence electrons. The topological polar surface area (TPSA) is 41.9 Å². The molecule has 0 aliphatic heterocycles. The number of benzene rings is 2. The minimum atomic E-state index is -0.873. The maximum absolute atomic E-state index is 12.0. The fraction of sp³-hybridized carbons (Fsp3) is 0.478. The molecule has 1 N–H and O–H groups in total. The van der Waals surface area contributed by atoms with E-state index in [1.54, 1.807) is 14.2 Å². The van der Waals surface area contributed by atoms with Crippen LogP contribution in [0.15, 0.2) is 48.5 Å². The Kier molecular flexibility index (Phi) is 6.08. The van der Waals surface area contributed by atoms with Crippen molar-refractivity contribution in [1.82, 2.24) is 4.90 Å². The normalized spacial score (nSPS) is 25.0. The van der Waals surface area contributed by atoms with Crippen molar-refractivity contribution in [2.45, 2.75) is 24.9 Å². The van der Waals surface area contributed by atoms with Crippen molar-refractivity contribution in [3.63, 3.8) is 0 Å². The SMILES string of the molecule is COc1cccc(CC2CCC(CN(C)C)C2(O)c2cccc(OC)c2)c1. The molecule has 1 fully saturated rings. The van der Waals surface area contributed by atoms with Crippen molar-refractivity contribution in [2.75, 3.05) is 34.9 Å². The van der Waals surface area contributed by atoms with Gasteiger partial charge in [0.25, 0.3) is 0 Å². The molecular weight excluding hydrogens is 338 g/mol. The summed E-state index contributed by atoms with van der Waals surface area (Å²) in [5, 5.41) is 12.0. The molecule has 2 aromatic carbocycles. The monoisotopic (exact) mass is 369 g/mol. The van der Waals surface area contributed by atoms with Gasteiger partial charge < -0.3 is 19.5 Å². The van der Waals surface area contributed by atoms with Crippen molar-refractivity contribution in [3.05, 3.63) is 59.7 Å². The average molecular weight is 370 g/mol. The Morgan fingerprint density at radius 2 is 1.59 bits per heavy atom. The van der Waals surface area contributed by atoms with E-state index in [9.17, 15) is 5.11 Å². The Morgan fingerprint density at radius 1 is 0.963 bits per heavy atom. The lowest BCUT2D eigenvalue weighted by Gasteiger charge is -2.37. The zero-order chi connectivity index (χ0) is 19.4. The molecule has 0 spiro atoms. The first-order valence-electron chi connectivity index (χ1n) is 9.62. The van der Waals surface area contributed by atoms with Gasteiger partial charge in [-0.15, -0.1) is 0 Å². The molecule has 1 saturated carbocycles. The molecule has 1 aliphatic rings. The summed E-state index contributed by atoms with van der Waals surface area (Å²) in [6.07, 6.45) is 2.85. The maximum atomic E-state index is 12.0. The Bertz CT molecular complexity index is 761. The molecule has 3 unspecified atom stereocenters. The van der Waals surface area contributed by atoms with Crippen molar-refractivity contribution in [2.24, 2.45) is 11.8 Å². The van der Waals surface area contributed by atoms with Gasteiger partial charge in [0.2, 0.25) is 0 Å². The van der Waals surface area contributed by atoms with Crippen LogP contribution in [-0.4, -0.2) is 44.9 Å². The Morgan fingerprint density at radius 3 is 2.26 bits per heavy atom. The highest BCUT2D eigenvalue weighted by Gasteiger charge is 2.50. The van der Waals surface area contributed by atoms with Gasteiger partial charge in [-0.3, -0.25) is 0 Å². The standard InChI is InChI=1S/C23H31NO3/c1-24(2)16-20-12-11-19(13-17-7-5-9-21(14-17)26-3)23(20,25)18-8-6-10-22(15-18)27-4/h5-10,14-15,19-20,25H,11-13,16H2,1-4H3. The summed E-state index contributed by atoms with van der Waals surface area (Å²) < 4.78 is 10.8. The quantitative estimate of drug-likeness (QED) is 0.808. The van der Waals surface area contributed by atoms with Gasteiger partial charge in [-0.1, -0.05) is 24.3 Å². The molecule has 0 heterocycles. The van der Waals surface area contributed by atoms with Crippen LogP contribution >= 0.6 is 0 Å². The molecular formula is C23H31NO3. The van der Waals surface area contributed by atoms with E-state index < -0.39 is 5.60 Å². The summed E-state index contributed by atoms with van der Waals surface area (Å²) in [6, 6.07) is 16.1. The third-order valence-electron chi connectivity index (χ3n) is 5.84. The largest absolute Gasteiger partial charge is 0.497 e. The summed E-state index contributed by atoms with van der Waals surface area (Å²) in [4.78, 5) is 2.17. The van der Waals surface area contributed by atoms with Gasteiger partial charge in [0.1, 0.15) is 11.5 Å². The third kappa shape index (κ3) is 4.12. The van der Waals surface area contributed by atoms with Crippen molar-refractivity contribution in [1.29, 1.82) is 0 Å². The molecule has 1 aliphatic carbocycles. The van der Waals surface area contributed by atoms with Crippen LogP contribution in [0.5, 0.6) is 11.5 Å². The molecule has 3 rings (SSSR count). The van der Waals surface area contributed by atoms with E-state index in [0.29, 0.717) is 0 Å². The third-order valence-corrected chi connectivity index (χ3v) is 5.84. The van der Waals surface area contributed by atoms with Gasteiger partial charge in [0.05, 0.1) is 19.8 Å². The van der Waals surface area contributed by atoms with Crippen molar-refractivity contribution >= 4 is 0 Å². The lowest BCUT2D eigenvalue weighted by molar-refractivity contribution is -0.0491. The molecule has 0 saturated heterocycles. The summed E-state index contributed by atoms with van der Waals surface area (Å²) in [7, 11) is 7.50. The lowest BCUT2D eigenvalue weighted by atomic mass is 9.75. The number of rotatable bonds is 7. The molecule has 0 aromatic heterocycles. The molecule has 0 bridgehead atoms. The van der Waals surface area contributed by atoms with Crippen LogP contribution < -0.4 is 9.47 Å². The fourth-order valence-electron chi connectivity index (χ4n) is 4.53. The predicted molar refractivity (Wildman–Crippen MR) is 108 cm³/mol. The molecule has 4 heteroatoms. The summed E-state index contributed by atoms with van der Waals surface area (Å²) in [5.74, 6) is 1.99. The first-order valence-corrected chi connectivity index (χ1v) is 9.62. The van der Waals surface area contributed by atoms with Crippen LogP contribution in [0.3, 0.4) is 0 Å². The molecule has 0 radical (unpaired) electrons. The number of hydrogen-bond donors (Lipinski definition) is 1. The predicted octanol–water partition coefficient (Wildman–Crippen LogP) is 3.72. The van der Waals surface area contributed by atoms with E-state index >= 15 is 0 Å². The Labute approximate surface area is 162 Å². The van der Waals surface area contributed by atoms with E-state index in [0.717, 1.165) is 42.9 Å². The van der Waals surface area contributed by atoms with Crippen LogP contribution in [0, 0.1) is 11.8 Å². The fourth-order valence-corrected chi connectivity index (χ4v) is 4.53. The van der Waals surface area contributed by atoms with E-state index in [4.69, 9.17) is 9.47 Å². The first-order chi connectivity index (χ1) is 13.0. The van der Waals surface area contributed by atoms with Gasteiger partial charge >= 0.3 is 0 Å².